The van der Waals surface area contributed by atoms with E-state index in [9.17, 15) is 8.42 Å². The number of sulfonamides is 1. The largest absolute Gasteiger partial charge is 0.265 e. The van der Waals surface area contributed by atoms with E-state index < -0.39 is 10.0 Å². The van der Waals surface area contributed by atoms with Crippen molar-refractivity contribution in [2.24, 2.45) is 0 Å². The number of aromatic nitrogens is 2. The molecule has 2 aromatic rings. The Morgan fingerprint density at radius 1 is 1.21 bits per heavy atom. The van der Waals surface area contributed by atoms with Crippen molar-refractivity contribution in [2.75, 3.05) is 6.54 Å². The van der Waals surface area contributed by atoms with Crippen LogP contribution < -0.4 is 0 Å². The van der Waals surface area contributed by atoms with Crippen LogP contribution in [0.15, 0.2) is 46.2 Å². The molecule has 3 heterocycles. The number of rotatable bonds is 3. The zero-order valence-electron chi connectivity index (χ0n) is 12.9. The zero-order chi connectivity index (χ0) is 17.2. The Kier molecular flexibility index (Phi) is 5.54. The van der Waals surface area contributed by atoms with Crippen molar-refractivity contribution >= 4 is 37.6 Å². The third kappa shape index (κ3) is 3.64. The summed E-state index contributed by atoms with van der Waals surface area (Å²) in [5, 5.41) is -0.00377. The molecule has 0 spiro atoms. The summed E-state index contributed by atoms with van der Waals surface area (Å²) >= 11 is 9.36. The molecular weight excluding hydrogens is 414 g/mol. The first-order chi connectivity index (χ1) is 11.5. The maximum Gasteiger partial charge on any atom is 0.246 e. The quantitative estimate of drug-likeness (QED) is 0.685. The highest BCUT2D eigenvalue weighted by Gasteiger charge is 2.35. The fourth-order valence-corrected chi connectivity index (χ4v) is 5.60. The maximum atomic E-state index is 13.3. The lowest BCUT2D eigenvalue weighted by atomic mass is 10.0. The van der Waals surface area contributed by atoms with Gasteiger partial charge in [0.2, 0.25) is 10.0 Å². The Balaban J connectivity index is 2.07. The highest BCUT2D eigenvalue weighted by atomic mass is 79.9. The van der Waals surface area contributed by atoms with Crippen LogP contribution in [0, 0.1) is 0 Å². The van der Waals surface area contributed by atoms with E-state index in [0.29, 0.717) is 11.0 Å². The second-order valence-electron chi connectivity index (χ2n) is 5.70. The van der Waals surface area contributed by atoms with E-state index in [1.807, 2.05) is 12.1 Å². The summed E-state index contributed by atoms with van der Waals surface area (Å²) in [6.45, 7) is 0.470. The van der Waals surface area contributed by atoms with Crippen molar-refractivity contribution in [2.45, 2.75) is 36.6 Å². The molecule has 2 aromatic heterocycles. The second kappa shape index (κ2) is 7.47. The van der Waals surface area contributed by atoms with Gasteiger partial charge in [-0.2, -0.15) is 4.31 Å². The van der Waals surface area contributed by atoms with Crippen LogP contribution in [0.25, 0.3) is 0 Å². The standard InChI is InChI=1S/C16H17BrClN3O2S/c17-13-10-15(16(18)20-11-13)24(22,23)21-9-3-1-2-4-14(21)12-5-7-19-8-6-12/h5-8,10-11,14H,1-4,9H2/t14-/m1/s1. The number of nitrogens with zero attached hydrogens (tertiary/aromatic N) is 3. The molecular formula is C16H17BrClN3O2S. The number of pyridine rings is 2. The molecule has 1 aliphatic rings. The molecule has 0 aliphatic carbocycles. The van der Waals surface area contributed by atoms with Crippen LogP contribution in [-0.4, -0.2) is 29.2 Å². The lowest BCUT2D eigenvalue weighted by Gasteiger charge is -2.29. The Morgan fingerprint density at radius 3 is 2.71 bits per heavy atom. The third-order valence-corrected chi connectivity index (χ3v) is 6.92. The monoisotopic (exact) mass is 429 g/mol. The van der Waals surface area contributed by atoms with E-state index in [2.05, 4.69) is 25.9 Å². The van der Waals surface area contributed by atoms with Gasteiger partial charge in [0.05, 0.1) is 6.04 Å². The van der Waals surface area contributed by atoms with Gasteiger partial charge < -0.3 is 0 Å². The molecule has 1 atom stereocenters. The highest BCUT2D eigenvalue weighted by molar-refractivity contribution is 9.10. The molecule has 1 fully saturated rings. The molecule has 1 aliphatic heterocycles. The molecule has 0 aromatic carbocycles. The van der Waals surface area contributed by atoms with Gasteiger partial charge in [-0.3, -0.25) is 4.98 Å². The van der Waals surface area contributed by atoms with Gasteiger partial charge in [-0.1, -0.05) is 24.4 Å². The van der Waals surface area contributed by atoms with E-state index >= 15 is 0 Å². The van der Waals surface area contributed by atoms with Crippen molar-refractivity contribution in [1.82, 2.24) is 14.3 Å². The predicted molar refractivity (Wildman–Crippen MR) is 96.3 cm³/mol. The predicted octanol–water partition coefficient (Wildman–Crippen LogP) is 4.20. The van der Waals surface area contributed by atoms with Crippen LogP contribution in [0.2, 0.25) is 5.15 Å². The highest BCUT2D eigenvalue weighted by Crippen LogP contribution is 2.36. The molecule has 0 radical (unpaired) electrons. The summed E-state index contributed by atoms with van der Waals surface area (Å²) in [5.74, 6) is 0. The van der Waals surface area contributed by atoms with E-state index in [1.165, 1.54) is 12.3 Å². The fraction of sp³-hybridized carbons (Fsp3) is 0.375. The topological polar surface area (TPSA) is 63.2 Å². The summed E-state index contributed by atoms with van der Waals surface area (Å²) in [4.78, 5) is 8.03. The van der Waals surface area contributed by atoms with Crippen molar-refractivity contribution in [1.29, 1.82) is 0 Å². The molecule has 1 saturated heterocycles. The van der Waals surface area contributed by atoms with Crippen LogP contribution in [0.1, 0.15) is 37.3 Å². The minimum absolute atomic E-state index is 0.00377. The number of halogens is 2. The molecule has 24 heavy (non-hydrogen) atoms. The molecule has 3 rings (SSSR count). The second-order valence-corrected chi connectivity index (χ2v) is 8.84. The SMILES string of the molecule is O=S(=O)(c1cc(Br)cnc1Cl)N1CCCCC[C@@H]1c1ccncc1. The first-order valence-corrected chi connectivity index (χ1v) is 10.3. The average Bonchev–Trinajstić information content (AvgIpc) is 2.84. The first kappa shape index (κ1) is 17.8. The van der Waals surface area contributed by atoms with E-state index in [0.717, 1.165) is 31.2 Å². The smallest absolute Gasteiger partial charge is 0.246 e. The van der Waals surface area contributed by atoms with E-state index in [1.54, 1.807) is 16.7 Å². The van der Waals surface area contributed by atoms with Gasteiger partial charge in [0, 0.05) is 29.6 Å². The lowest BCUT2D eigenvalue weighted by molar-refractivity contribution is 0.328. The van der Waals surface area contributed by atoms with Gasteiger partial charge in [-0.25, -0.2) is 13.4 Å². The summed E-state index contributed by atoms with van der Waals surface area (Å²) in [7, 11) is -3.75. The molecule has 0 bridgehead atoms. The van der Waals surface area contributed by atoms with Crippen LogP contribution >= 0.6 is 27.5 Å². The molecule has 0 unspecified atom stereocenters. The molecule has 128 valence electrons. The molecule has 0 N–H and O–H groups in total. The number of hydrogen-bond donors (Lipinski definition) is 0. The van der Waals surface area contributed by atoms with Crippen molar-refractivity contribution < 1.29 is 8.42 Å². The van der Waals surface area contributed by atoms with Crippen molar-refractivity contribution in [3.05, 3.63) is 52.0 Å². The summed E-state index contributed by atoms with van der Waals surface area (Å²) < 4.78 is 28.7. The minimum atomic E-state index is -3.75. The Bertz CT molecular complexity index is 817. The van der Waals surface area contributed by atoms with Crippen molar-refractivity contribution in [3.63, 3.8) is 0 Å². The summed E-state index contributed by atoms with van der Waals surface area (Å²) in [5.41, 5.74) is 0.953. The van der Waals surface area contributed by atoms with Crippen LogP contribution in [-0.2, 0) is 10.0 Å². The average molecular weight is 431 g/mol. The van der Waals surface area contributed by atoms with Crippen LogP contribution in [0.3, 0.4) is 0 Å². The lowest BCUT2D eigenvalue weighted by Crippen LogP contribution is -2.35. The molecule has 8 heteroatoms. The fourth-order valence-electron chi connectivity index (χ4n) is 3.00. The normalized spacial score (nSPS) is 19.8. The van der Waals surface area contributed by atoms with Gasteiger partial charge in [-0.05, 0) is 52.5 Å². The van der Waals surface area contributed by atoms with Crippen molar-refractivity contribution in [3.8, 4) is 0 Å². The number of hydrogen-bond acceptors (Lipinski definition) is 4. The molecule has 5 nitrogen and oxygen atoms in total. The zero-order valence-corrected chi connectivity index (χ0v) is 16.1. The summed E-state index contributed by atoms with van der Waals surface area (Å²) in [6.07, 6.45) is 8.49. The Hall–Kier alpha value is -1.02. The van der Waals surface area contributed by atoms with Gasteiger partial charge >= 0.3 is 0 Å². The van der Waals surface area contributed by atoms with E-state index in [4.69, 9.17) is 11.6 Å². The molecule has 0 amide bonds. The first-order valence-electron chi connectivity index (χ1n) is 7.73. The minimum Gasteiger partial charge on any atom is -0.265 e. The van der Waals surface area contributed by atoms with Gasteiger partial charge in [0.25, 0.3) is 0 Å². The Morgan fingerprint density at radius 2 is 1.96 bits per heavy atom. The van der Waals surface area contributed by atoms with Gasteiger partial charge in [-0.15, -0.1) is 0 Å². The van der Waals surface area contributed by atoms with Gasteiger partial charge in [0.15, 0.2) is 0 Å². The summed E-state index contributed by atoms with van der Waals surface area (Å²) in [6, 6.07) is 5.05. The molecule has 0 saturated carbocycles. The maximum absolute atomic E-state index is 13.3. The van der Waals surface area contributed by atoms with Gasteiger partial charge in [0.1, 0.15) is 10.0 Å². The third-order valence-electron chi connectivity index (χ3n) is 4.15. The van der Waals surface area contributed by atoms with Crippen LogP contribution in [0.5, 0.6) is 0 Å². The van der Waals surface area contributed by atoms with Crippen LogP contribution in [0.4, 0.5) is 0 Å². The van der Waals surface area contributed by atoms with E-state index in [-0.39, 0.29) is 16.1 Å². The Labute approximate surface area is 155 Å².